The molecule has 4 heteroatoms. The highest BCUT2D eigenvalue weighted by Crippen LogP contribution is 2.18. The normalized spacial score (nSPS) is 10.5. The largest absolute Gasteiger partial charge is 0.225 e. The van der Waals surface area contributed by atoms with E-state index in [-0.39, 0.29) is 0 Å². The summed E-state index contributed by atoms with van der Waals surface area (Å²) in [5, 5.41) is 2.28. The van der Waals surface area contributed by atoms with Crippen molar-refractivity contribution >= 4 is 33.2 Å². The third kappa shape index (κ3) is 0.874. The average Bonchev–Trinajstić information content (AvgIpc) is 2.33. The molecule has 2 heterocycles. The Hall–Kier alpha value is -0.670. The van der Waals surface area contributed by atoms with Crippen LogP contribution < -0.4 is 0 Å². The second-order valence-electron chi connectivity index (χ2n) is 1.81. The van der Waals surface area contributed by atoms with Gasteiger partial charge in [-0.2, -0.15) is 0 Å². The number of hydrogen-bond donors (Lipinski definition) is 0. The molecular weight excluding hydrogens is 168 g/mol. The molecule has 0 radical (unpaired) electrons. The number of halogens is 1. The summed E-state index contributed by atoms with van der Waals surface area (Å²) in [6.45, 7) is 0. The molecule has 0 amide bonds. The van der Waals surface area contributed by atoms with Crippen LogP contribution in [0.1, 0.15) is 0 Å². The van der Waals surface area contributed by atoms with Crippen LogP contribution in [0.25, 0.3) is 10.2 Å². The first-order chi connectivity index (χ1) is 4.86. The molecule has 0 fully saturated rings. The van der Waals surface area contributed by atoms with Gasteiger partial charge in [0.25, 0.3) is 0 Å². The lowest BCUT2D eigenvalue weighted by atomic mass is 10.5. The Morgan fingerprint density at radius 1 is 1.50 bits per heavy atom. The average molecular weight is 171 g/mol. The molecule has 0 aromatic carbocycles. The van der Waals surface area contributed by atoms with E-state index in [9.17, 15) is 0 Å². The minimum Gasteiger partial charge on any atom is -0.225 e. The fraction of sp³-hybridized carbons (Fsp3) is 0. The SMILES string of the molecule is Clc1ncc2sccc2n1. The highest BCUT2D eigenvalue weighted by atomic mass is 35.5. The number of fused-ring (bicyclic) bond motifs is 1. The maximum Gasteiger partial charge on any atom is 0.222 e. The van der Waals surface area contributed by atoms with E-state index in [4.69, 9.17) is 11.6 Å². The van der Waals surface area contributed by atoms with Gasteiger partial charge in [0, 0.05) is 6.20 Å². The molecule has 0 bridgehead atoms. The second-order valence-corrected chi connectivity index (χ2v) is 3.09. The van der Waals surface area contributed by atoms with Gasteiger partial charge in [0.15, 0.2) is 0 Å². The third-order valence-corrected chi connectivity index (χ3v) is 2.20. The lowest BCUT2D eigenvalue weighted by molar-refractivity contribution is 1.23. The van der Waals surface area contributed by atoms with Crippen molar-refractivity contribution < 1.29 is 0 Å². The molecule has 0 saturated heterocycles. The molecule has 0 aliphatic rings. The van der Waals surface area contributed by atoms with Crippen molar-refractivity contribution in [1.29, 1.82) is 0 Å². The topological polar surface area (TPSA) is 25.8 Å². The molecule has 2 rings (SSSR count). The second kappa shape index (κ2) is 2.18. The first-order valence-corrected chi connectivity index (χ1v) is 3.98. The maximum atomic E-state index is 5.56. The number of rotatable bonds is 0. The van der Waals surface area contributed by atoms with Crippen molar-refractivity contribution in [3.63, 3.8) is 0 Å². The van der Waals surface area contributed by atoms with Crippen molar-refractivity contribution in [2.75, 3.05) is 0 Å². The summed E-state index contributed by atoms with van der Waals surface area (Å²) >= 11 is 7.17. The quantitative estimate of drug-likeness (QED) is 0.568. The first kappa shape index (κ1) is 6.07. The Kier molecular flexibility index (Phi) is 1.32. The predicted octanol–water partition coefficient (Wildman–Crippen LogP) is 2.34. The molecule has 2 aromatic heterocycles. The molecule has 0 aliphatic heterocycles. The predicted molar refractivity (Wildman–Crippen MR) is 42.4 cm³/mol. The zero-order valence-electron chi connectivity index (χ0n) is 4.91. The van der Waals surface area contributed by atoms with Gasteiger partial charge in [-0.15, -0.1) is 11.3 Å². The van der Waals surface area contributed by atoms with Crippen LogP contribution in [0.3, 0.4) is 0 Å². The summed E-state index contributed by atoms with van der Waals surface area (Å²) in [6, 6.07) is 1.92. The van der Waals surface area contributed by atoms with E-state index >= 15 is 0 Å². The van der Waals surface area contributed by atoms with Crippen molar-refractivity contribution in [3.8, 4) is 0 Å². The van der Waals surface area contributed by atoms with E-state index in [0.29, 0.717) is 5.28 Å². The molecule has 10 heavy (non-hydrogen) atoms. The van der Waals surface area contributed by atoms with E-state index in [1.165, 1.54) is 0 Å². The first-order valence-electron chi connectivity index (χ1n) is 2.72. The van der Waals surface area contributed by atoms with Gasteiger partial charge in [-0.25, -0.2) is 9.97 Å². The van der Waals surface area contributed by atoms with E-state index in [1.54, 1.807) is 17.5 Å². The monoisotopic (exact) mass is 170 g/mol. The van der Waals surface area contributed by atoms with Crippen LogP contribution in [0.15, 0.2) is 17.6 Å². The Labute approximate surface area is 66.5 Å². The molecule has 50 valence electrons. The molecule has 2 nitrogen and oxygen atoms in total. The maximum absolute atomic E-state index is 5.56. The van der Waals surface area contributed by atoms with Crippen LogP contribution >= 0.6 is 22.9 Å². The van der Waals surface area contributed by atoms with Gasteiger partial charge in [0.2, 0.25) is 5.28 Å². The molecule has 0 N–H and O–H groups in total. The molecule has 0 atom stereocenters. The highest BCUT2D eigenvalue weighted by Gasteiger charge is 1.96. The van der Waals surface area contributed by atoms with Gasteiger partial charge in [0.1, 0.15) is 0 Å². The lowest BCUT2D eigenvalue weighted by Crippen LogP contribution is -1.77. The van der Waals surface area contributed by atoms with E-state index in [0.717, 1.165) is 10.2 Å². The summed E-state index contributed by atoms with van der Waals surface area (Å²) in [7, 11) is 0. The van der Waals surface area contributed by atoms with Gasteiger partial charge >= 0.3 is 0 Å². The Balaban J connectivity index is 2.86. The van der Waals surface area contributed by atoms with E-state index < -0.39 is 0 Å². The minimum atomic E-state index is 0.311. The summed E-state index contributed by atoms with van der Waals surface area (Å²) in [6.07, 6.45) is 1.73. The van der Waals surface area contributed by atoms with Gasteiger partial charge in [-0.3, -0.25) is 0 Å². The fourth-order valence-corrected chi connectivity index (χ4v) is 1.57. The van der Waals surface area contributed by atoms with Crippen LogP contribution in [0.4, 0.5) is 0 Å². The number of nitrogens with zero attached hydrogens (tertiary/aromatic N) is 2. The Morgan fingerprint density at radius 3 is 3.30 bits per heavy atom. The van der Waals surface area contributed by atoms with E-state index in [2.05, 4.69) is 9.97 Å². The van der Waals surface area contributed by atoms with Gasteiger partial charge in [-0.05, 0) is 23.0 Å². The van der Waals surface area contributed by atoms with Gasteiger partial charge in [0.05, 0.1) is 10.2 Å². The van der Waals surface area contributed by atoms with Gasteiger partial charge < -0.3 is 0 Å². The number of thiophene rings is 1. The lowest BCUT2D eigenvalue weighted by Gasteiger charge is -1.86. The molecule has 0 unspecified atom stereocenters. The molecular formula is C6H3ClN2S. The fourth-order valence-electron chi connectivity index (χ4n) is 0.743. The van der Waals surface area contributed by atoms with Crippen LogP contribution in [-0.4, -0.2) is 9.97 Å². The Morgan fingerprint density at radius 2 is 2.40 bits per heavy atom. The smallest absolute Gasteiger partial charge is 0.222 e. The van der Waals surface area contributed by atoms with Crippen LogP contribution in [0, 0.1) is 0 Å². The highest BCUT2D eigenvalue weighted by molar-refractivity contribution is 7.17. The molecule has 0 aliphatic carbocycles. The number of aromatic nitrogens is 2. The van der Waals surface area contributed by atoms with E-state index in [1.807, 2.05) is 11.4 Å². The van der Waals surface area contributed by atoms with Crippen LogP contribution in [-0.2, 0) is 0 Å². The van der Waals surface area contributed by atoms with Crippen LogP contribution in [0.5, 0.6) is 0 Å². The zero-order valence-corrected chi connectivity index (χ0v) is 6.49. The van der Waals surface area contributed by atoms with Crippen LogP contribution in [0.2, 0.25) is 5.28 Å². The summed E-state index contributed by atoms with van der Waals surface area (Å²) in [5.41, 5.74) is 0.921. The molecule has 2 aromatic rings. The minimum absolute atomic E-state index is 0.311. The van der Waals surface area contributed by atoms with Crippen molar-refractivity contribution in [1.82, 2.24) is 9.97 Å². The van der Waals surface area contributed by atoms with Crippen molar-refractivity contribution in [2.45, 2.75) is 0 Å². The Bertz CT molecular complexity index is 357. The summed E-state index contributed by atoms with van der Waals surface area (Å²) in [5.74, 6) is 0. The van der Waals surface area contributed by atoms with Crippen molar-refractivity contribution in [3.05, 3.63) is 22.9 Å². The molecule has 0 spiro atoms. The standard InChI is InChI=1S/C6H3ClN2S/c7-6-8-3-5-4(9-6)1-2-10-5/h1-3H. The third-order valence-electron chi connectivity index (χ3n) is 1.17. The van der Waals surface area contributed by atoms with Crippen molar-refractivity contribution in [2.24, 2.45) is 0 Å². The number of hydrogen-bond acceptors (Lipinski definition) is 3. The zero-order chi connectivity index (χ0) is 6.97. The summed E-state index contributed by atoms with van der Waals surface area (Å²) in [4.78, 5) is 7.84. The van der Waals surface area contributed by atoms with Gasteiger partial charge in [-0.1, -0.05) is 0 Å². The molecule has 0 saturated carbocycles. The summed E-state index contributed by atoms with van der Waals surface area (Å²) < 4.78 is 1.07.